The Morgan fingerprint density at radius 3 is 2.71 bits per heavy atom. The van der Waals surface area contributed by atoms with Gasteiger partial charge in [-0.15, -0.1) is 11.8 Å². The van der Waals surface area contributed by atoms with Gasteiger partial charge in [-0.1, -0.05) is 6.92 Å². The summed E-state index contributed by atoms with van der Waals surface area (Å²) in [6.45, 7) is 6.22. The first-order chi connectivity index (χ1) is 6.63. The molecule has 1 heterocycles. The molecule has 0 aliphatic heterocycles. The van der Waals surface area contributed by atoms with Crippen LogP contribution in [-0.4, -0.2) is 21.9 Å². The third-order valence-electron chi connectivity index (χ3n) is 2.10. The molecule has 80 valence electrons. The van der Waals surface area contributed by atoms with E-state index in [1.807, 2.05) is 13.8 Å². The molecule has 3 nitrogen and oxygen atoms in total. The SMILES string of the molecule is Cc1nc(CSC(C)CCO)oc1C. The second-order valence-electron chi connectivity index (χ2n) is 3.38. The highest BCUT2D eigenvalue weighted by Gasteiger charge is 2.08. The van der Waals surface area contributed by atoms with E-state index < -0.39 is 0 Å². The molecule has 0 fully saturated rings. The van der Waals surface area contributed by atoms with Crippen LogP contribution >= 0.6 is 11.8 Å². The van der Waals surface area contributed by atoms with Crippen LogP contribution in [0.15, 0.2) is 4.42 Å². The van der Waals surface area contributed by atoms with Crippen LogP contribution in [0.3, 0.4) is 0 Å². The van der Waals surface area contributed by atoms with Gasteiger partial charge >= 0.3 is 0 Å². The van der Waals surface area contributed by atoms with Gasteiger partial charge in [-0.3, -0.25) is 0 Å². The number of aryl methyl sites for hydroxylation is 2. The van der Waals surface area contributed by atoms with Gasteiger partial charge in [0.25, 0.3) is 0 Å². The Labute approximate surface area is 88.9 Å². The Morgan fingerprint density at radius 1 is 1.50 bits per heavy atom. The Hall–Kier alpha value is -0.480. The first kappa shape index (κ1) is 11.6. The highest BCUT2D eigenvalue weighted by atomic mass is 32.2. The second kappa shape index (κ2) is 5.41. The van der Waals surface area contributed by atoms with Gasteiger partial charge in [0.1, 0.15) is 5.76 Å². The first-order valence-corrected chi connectivity index (χ1v) is 5.83. The zero-order chi connectivity index (χ0) is 10.6. The summed E-state index contributed by atoms with van der Waals surface area (Å²) in [6.07, 6.45) is 0.823. The number of oxazole rings is 1. The van der Waals surface area contributed by atoms with Gasteiger partial charge in [0.05, 0.1) is 11.4 Å². The summed E-state index contributed by atoms with van der Waals surface area (Å²) in [4.78, 5) is 4.29. The average molecular weight is 215 g/mol. The van der Waals surface area contributed by atoms with E-state index in [1.165, 1.54) is 0 Å². The smallest absolute Gasteiger partial charge is 0.204 e. The van der Waals surface area contributed by atoms with E-state index in [1.54, 1.807) is 11.8 Å². The molecular weight excluding hydrogens is 198 g/mol. The van der Waals surface area contributed by atoms with Gasteiger partial charge in [-0.2, -0.15) is 0 Å². The van der Waals surface area contributed by atoms with Crippen molar-refractivity contribution in [2.75, 3.05) is 6.61 Å². The fourth-order valence-electron chi connectivity index (χ4n) is 1.08. The molecule has 0 saturated carbocycles. The zero-order valence-electron chi connectivity index (χ0n) is 8.91. The molecule has 4 heteroatoms. The quantitative estimate of drug-likeness (QED) is 0.818. The predicted molar refractivity (Wildman–Crippen MR) is 58.4 cm³/mol. The van der Waals surface area contributed by atoms with Crippen molar-refractivity contribution in [3.05, 3.63) is 17.3 Å². The lowest BCUT2D eigenvalue weighted by Gasteiger charge is -2.06. The predicted octanol–water partition coefficient (Wildman–Crippen LogP) is 2.30. The normalized spacial score (nSPS) is 13.1. The van der Waals surface area contributed by atoms with Gasteiger partial charge in [0, 0.05) is 11.9 Å². The maximum atomic E-state index is 8.73. The van der Waals surface area contributed by atoms with Crippen molar-refractivity contribution in [2.45, 2.75) is 38.2 Å². The maximum absolute atomic E-state index is 8.73. The van der Waals surface area contributed by atoms with Crippen LogP contribution in [0.1, 0.15) is 30.7 Å². The van der Waals surface area contributed by atoms with E-state index in [0.29, 0.717) is 5.25 Å². The summed E-state index contributed by atoms with van der Waals surface area (Å²) in [7, 11) is 0. The van der Waals surface area contributed by atoms with E-state index in [-0.39, 0.29) is 6.61 Å². The summed E-state index contributed by atoms with van der Waals surface area (Å²) in [5.74, 6) is 2.47. The summed E-state index contributed by atoms with van der Waals surface area (Å²) < 4.78 is 5.45. The van der Waals surface area contributed by atoms with Crippen molar-refractivity contribution in [1.82, 2.24) is 4.98 Å². The Bertz CT molecular complexity index is 266. The van der Waals surface area contributed by atoms with E-state index in [2.05, 4.69) is 11.9 Å². The van der Waals surface area contributed by atoms with Crippen LogP contribution in [0.5, 0.6) is 0 Å². The monoisotopic (exact) mass is 215 g/mol. The molecule has 0 aliphatic carbocycles. The zero-order valence-corrected chi connectivity index (χ0v) is 9.73. The minimum Gasteiger partial charge on any atom is -0.445 e. The molecule has 14 heavy (non-hydrogen) atoms. The molecular formula is C10H17NO2S. The Balaban J connectivity index is 2.38. The molecule has 0 saturated heterocycles. The van der Waals surface area contributed by atoms with E-state index in [0.717, 1.165) is 29.5 Å². The molecule has 0 amide bonds. The van der Waals surface area contributed by atoms with Gasteiger partial charge in [-0.05, 0) is 20.3 Å². The summed E-state index contributed by atoms with van der Waals surface area (Å²) in [6, 6.07) is 0. The number of thioether (sulfide) groups is 1. The minimum atomic E-state index is 0.248. The van der Waals surface area contributed by atoms with Crippen LogP contribution in [0.25, 0.3) is 0 Å². The lowest BCUT2D eigenvalue weighted by molar-refractivity contribution is 0.289. The molecule has 1 rings (SSSR count). The van der Waals surface area contributed by atoms with Crippen LogP contribution in [-0.2, 0) is 5.75 Å². The largest absolute Gasteiger partial charge is 0.445 e. The fourth-order valence-corrected chi connectivity index (χ4v) is 1.90. The van der Waals surface area contributed by atoms with Crippen LogP contribution in [0.2, 0.25) is 0 Å². The average Bonchev–Trinajstić information content (AvgIpc) is 2.44. The van der Waals surface area contributed by atoms with Gasteiger partial charge < -0.3 is 9.52 Å². The number of rotatable bonds is 5. The first-order valence-electron chi connectivity index (χ1n) is 4.79. The van der Waals surface area contributed by atoms with Crippen LogP contribution in [0.4, 0.5) is 0 Å². The highest BCUT2D eigenvalue weighted by Crippen LogP contribution is 2.20. The number of aliphatic hydroxyl groups is 1. The molecule has 1 N–H and O–H groups in total. The summed E-state index contributed by atoms with van der Waals surface area (Å²) in [5.41, 5.74) is 0.968. The van der Waals surface area contributed by atoms with Crippen molar-refractivity contribution >= 4 is 11.8 Å². The molecule has 0 spiro atoms. The number of aromatic nitrogens is 1. The fraction of sp³-hybridized carbons (Fsp3) is 0.700. The molecule has 0 aliphatic rings. The van der Waals surface area contributed by atoms with E-state index >= 15 is 0 Å². The van der Waals surface area contributed by atoms with Crippen molar-refractivity contribution in [3.8, 4) is 0 Å². The third-order valence-corrected chi connectivity index (χ3v) is 3.32. The summed E-state index contributed by atoms with van der Waals surface area (Å²) in [5, 5.41) is 9.18. The summed E-state index contributed by atoms with van der Waals surface area (Å²) >= 11 is 1.76. The Kier molecular flexibility index (Phi) is 4.48. The third kappa shape index (κ3) is 3.35. The van der Waals surface area contributed by atoms with E-state index in [4.69, 9.17) is 9.52 Å². The highest BCUT2D eigenvalue weighted by molar-refractivity contribution is 7.99. The molecule has 1 atom stereocenters. The standard InChI is InChI=1S/C10H17NO2S/c1-7(4-5-12)14-6-10-11-8(2)9(3)13-10/h7,12H,4-6H2,1-3H3. The van der Waals surface area contributed by atoms with Crippen molar-refractivity contribution in [1.29, 1.82) is 0 Å². The topological polar surface area (TPSA) is 46.3 Å². The molecule has 0 bridgehead atoms. The molecule has 1 aromatic heterocycles. The van der Waals surface area contributed by atoms with Crippen molar-refractivity contribution in [2.24, 2.45) is 0 Å². The number of aliphatic hydroxyl groups excluding tert-OH is 1. The number of hydrogen-bond donors (Lipinski definition) is 1. The molecule has 1 unspecified atom stereocenters. The number of hydrogen-bond acceptors (Lipinski definition) is 4. The molecule has 1 aromatic rings. The van der Waals surface area contributed by atoms with Gasteiger partial charge in [0.15, 0.2) is 0 Å². The lowest BCUT2D eigenvalue weighted by atomic mass is 10.3. The van der Waals surface area contributed by atoms with E-state index in [9.17, 15) is 0 Å². The van der Waals surface area contributed by atoms with Crippen LogP contribution < -0.4 is 0 Å². The molecule has 0 radical (unpaired) electrons. The Morgan fingerprint density at radius 2 is 2.21 bits per heavy atom. The van der Waals surface area contributed by atoms with Crippen LogP contribution in [0, 0.1) is 13.8 Å². The van der Waals surface area contributed by atoms with Crippen molar-refractivity contribution < 1.29 is 9.52 Å². The van der Waals surface area contributed by atoms with Gasteiger partial charge in [-0.25, -0.2) is 4.98 Å². The van der Waals surface area contributed by atoms with Gasteiger partial charge in [0.2, 0.25) is 5.89 Å². The molecule has 0 aromatic carbocycles. The lowest BCUT2D eigenvalue weighted by Crippen LogP contribution is -1.99. The second-order valence-corrected chi connectivity index (χ2v) is 4.81. The van der Waals surface area contributed by atoms with Crippen molar-refractivity contribution in [3.63, 3.8) is 0 Å². The maximum Gasteiger partial charge on any atom is 0.204 e. The number of nitrogens with zero attached hydrogens (tertiary/aromatic N) is 1. The minimum absolute atomic E-state index is 0.248.